The Morgan fingerprint density at radius 1 is 1.17 bits per heavy atom. The lowest BCUT2D eigenvalue weighted by molar-refractivity contribution is -0.130. The van der Waals surface area contributed by atoms with E-state index in [9.17, 15) is 4.79 Å². The van der Waals surface area contributed by atoms with Gasteiger partial charge < -0.3 is 14.6 Å². The first kappa shape index (κ1) is 20.6. The third-order valence-electron chi connectivity index (χ3n) is 5.76. The molecule has 1 amide bonds. The lowest BCUT2D eigenvalue weighted by Crippen LogP contribution is -2.35. The number of carbonyl (C=O) groups is 1. The molecule has 4 rings (SSSR count). The molecule has 2 heterocycles. The first-order valence-corrected chi connectivity index (χ1v) is 10.8. The molecule has 1 aromatic heterocycles. The minimum atomic E-state index is -0.287. The average Bonchev–Trinajstić information content (AvgIpc) is 3.37. The summed E-state index contributed by atoms with van der Waals surface area (Å²) in [6, 6.07) is 17.1. The lowest BCUT2D eigenvalue weighted by Gasteiger charge is -2.19. The smallest absolute Gasteiger partial charge is 0.249 e. The predicted molar refractivity (Wildman–Crippen MR) is 120 cm³/mol. The van der Waals surface area contributed by atoms with Crippen LogP contribution in [0.2, 0.25) is 0 Å². The van der Waals surface area contributed by atoms with Gasteiger partial charge in [0, 0.05) is 26.1 Å². The van der Waals surface area contributed by atoms with E-state index in [2.05, 4.69) is 61.0 Å². The van der Waals surface area contributed by atoms with Crippen molar-refractivity contribution >= 4 is 16.9 Å². The minimum absolute atomic E-state index is 0.00655. The number of imidazole rings is 1. The molecule has 1 unspecified atom stereocenters. The molecular weight excluding hydrogens is 374 g/mol. The van der Waals surface area contributed by atoms with E-state index in [0.29, 0.717) is 19.6 Å². The number of hydrogen-bond donors (Lipinski definition) is 1. The van der Waals surface area contributed by atoms with Crippen LogP contribution in [0, 0.1) is 0 Å². The zero-order chi connectivity index (χ0) is 21.1. The zero-order valence-corrected chi connectivity index (χ0v) is 18.1. The summed E-state index contributed by atoms with van der Waals surface area (Å²) in [6.45, 7) is 8.70. The first-order chi connectivity index (χ1) is 14.4. The molecule has 0 bridgehead atoms. The number of benzene rings is 2. The van der Waals surface area contributed by atoms with E-state index >= 15 is 0 Å². The van der Waals surface area contributed by atoms with Crippen LogP contribution in [0.1, 0.15) is 50.6 Å². The molecule has 158 valence electrons. The summed E-state index contributed by atoms with van der Waals surface area (Å²) in [6.07, 6.45) is 2.18. The topological polar surface area (TPSA) is 56.2 Å². The Labute approximate surface area is 178 Å². The van der Waals surface area contributed by atoms with Crippen LogP contribution in [-0.4, -0.2) is 34.7 Å². The van der Waals surface area contributed by atoms with Crippen LogP contribution in [0.15, 0.2) is 48.5 Å². The van der Waals surface area contributed by atoms with Crippen molar-refractivity contribution in [3.8, 4) is 0 Å². The number of amides is 1. The summed E-state index contributed by atoms with van der Waals surface area (Å²) < 4.78 is 7.73. The molecule has 1 aliphatic rings. The molecule has 0 radical (unpaired) electrons. The van der Waals surface area contributed by atoms with E-state index < -0.39 is 0 Å². The van der Waals surface area contributed by atoms with Crippen molar-refractivity contribution in [2.45, 2.75) is 58.1 Å². The zero-order valence-electron chi connectivity index (χ0n) is 18.1. The Hall–Kier alpha value is -2.66. The average molecular weight is 406 g/mol. The van der Waals surface area contributed by atoms with Crippen molar-refractivity contribution in [1.82, 2.24) is 14.9 Å². The summed E-state index contributed by atoms with van der Waals surface area (Å²) >= 11 is 0. The van der Waals surface area contributed by atoms with Gasteiger partial charge in [-0.05, 0) is 41.5 Å². The number of hydrogen-bond acceptors (Lipinski definition) is 3. The Morgan fingerprint density at radius 3 is 2.63 bits per heavy atom. The van der Waals surface area contributed by atoms with E-state index in [0.717, 1.165) is 36.2 Å². The maximum absolute atomic E-state index is 12.2. The Balaban J connectivity index is 1.51. The van der Waals surface area contributed by atoms with Gasteiger partial charge >= 0.3 is 0 Å². The van der Waals surface area contributed by atoms with Gasteiger partial charge in [0.1, 0.15) is 11.9 Å². The van der Waals surface area contributed by atoms with Gasteiger partial charge in [0.2, 0.25) is 5.91 Å². The van der Waals surface area contributed by atoms with Crippen LogP contribution in [0.4, 0.5) is 0 Å². The van der Waals surface area contributed by atoms with E-state index in [1.165, 1.54) is 11.1 Å². The molecular formula is C25H31N3O2. The standard InChI is InChI=1S/C25H31N3O2/c1-25(2,3)19-12-10-18(11-13-19)17-28-21-8-5-4-7-20(21)27-23(28)14-15-26-24(29)22-9-6-16-30-22/h4-5,7-8,10-13,22H,6,9,14-17H2,1-3H3,(H,26,29). The van der Waals surface area contributed by atoms with Crippen molar-refractivity contribution in [2.75, 3.05) is 13.2 Å². The fraction of sp³-hybridized carbons (Fsp3) is 0.440. The summed E-state index contributed by atoms with van der Waals surface area (Å²) in [5.41, 5.74) is 4.84. The van der Waals surface area contributed by atoms with Crippen LogP contribution >= 0.6 is 0 Å². The SMILES string of the molecule is CC(C)(C)c1ccc(Cn2c(CCNC(=O)C3CCCO3)nc3ccccc32)cc1. The predicted octanol–water partition coefficient (Wildman–Crippen LogP) is 4.22. The van der Waals surface area contributed by atoms with Crippen LogP contribution < -0.4 is 5.32 Å². The van der Waals surface area contributed by atoms with E-state index in [1.807, 2.05) is 18.2 Å². The van der Waals surface area contributed by atoms with Crippen molar-refractivity contribution in [3.63, 3.8) is 0 Å². The number of ether oxygens (including phenoxy) is 1. The molecule has 1 fully saturated rings. The number of aromatic nitrogens is 2. The number of fused-ring (bicyclic) bond motifs is 1. The van der Waals surface area contributed by atoms with Crippen LogP contribution in [-0.2, 0) is 27.9 Å². The minimum Gasteiger partial charge on any atom is -0.368 e. The number of nitrogens with zero attached hydrogens (tertiary/aromatic N) is 2. The van der Waals surface area contributed by atoms with Gasteiger partial charge in [-0.1, -0.05) is 57.2 Å². The molecule has 2 aromatic carbocycles. The van der Waals surface area contributed by atoms with E-state index in [1.54, 1.807) is 0 Å². The normalized spacial score (nSPS) is 16.8. The molecule has 0 aliphatic carbocycles. The highest BCUT2D eigenvalue weighted by molar-refractivity contribution is 5.81. The summed E-state index contributed by atoms with van der Waals surface area (Å²) in [7, 11) is 0. The molecule has 5 heteroatoms. The molecule has 1 N–H and O–H groups in total. The largest absolute Gasteiger partial charge is 0.368 e. The van der Waals surface area contributed by atoms with Crippen molar-refractivity contribution in [2.24, 2.45) is 0 Å². The Kier molecular flexibility index (Phi) is 5.91. The van der Waals surface area contributed by atoms with Crippen molar-refractivity contribution in [1.29, 1.82) is 0 Å². The number of rotatable bonds is 6. The second-order valence-corrected chi connectivity index (χ2v) is 9.09. The fourth-order valence-corrected chi connectivity index (χ4v) is 3.98. The van der Waals surface area contributed by atoms with Gasteiger partial charge in [0.15, 0.2) is 0 Å². The summed E-state index contributed by atoms with van der Waals surface area (Å²) in [5.74, 6) is 0.983. The molecule has 0 saturated carbocycles. The van der Waals surface area contributed by atoms with E-state index in [4.69, 9.17) is 9.72 Å². The Morgan fingerprint density at radius 2 is 1.93 bits per heavy atom. The van der Waals surface area contributed by atoms with Gasteiger partial charge in [0.25, 0.3) is 0 Å². The summed E-state index contributed by atoms with van der Waals surface area (Å²) in [4.78, 5) is 17.1. The van der Waals surface area contributed by atoms with Crippen LogP contribution in [0.25, 0.3) is 11.0 Å². The van der Waals surface area contributed by atoms with Crippen LogP contribution in [0.5, 0.6) is 0 Å². The quantitative estimate of drug-likeness (QED) is 0.668. The third-order valence-corrected chi connectivity index (χ3v) is 5.76. The van der Waals surface area contributed by atoms with Crippen molar-refractivity contribution < 1.29 is 9.53 Å². The van der Waals surface area contributed by atoms with Gasteiger partial charge in [-0.3, -0.25) is 4.79 Å². The van der Waals surface area contributed by atoms with Crippen molar-refractivity contribution in [3.05, 3.63) is 65.5 Å². The second kappa shape index (κ2) is 8.60. The molecule has 3 aromatic rings. The Bertz CT molecular complexity index is 1010. The molecule has 1 aliphatic heterocycles. The molecule has 5 nitrogen and oxygen atoms in total. The van der Waals surface area contributed by atoms with E-state index in [-0.39, 0.29) is 17.4 Å². The summed E-state index contributed by atoms with van der Waals surface area (Å²) in [5, 5.41) is 3.02. The maximum Gasteiger partial charge on any atom is 0.249 e. The number of para-hydroxylation sites is 2. The van der Waals surface area contributed by atoms with Crippen LogP contribution in [0.3, 0.4) is 0 Å². The molecule has 1 saturated heterocycles. The lowest BCUT2D eigenvalue weighted by atomic mass is 9.87. The third kappa shape index (κ3) is 4.57. The molecule has 30 heavy (non-hydrogen) atoms. The molecule has 0 spiro atoms. The van der Waals surface area contributed by atoms with Gasteiger partial charge in [-0.25, -0.2) is 4.98 Å². The van der Waals surface area contributed by atoms with Gasteiger partial charge in [-0.15, -0.1) is 0 Å². The number of carbonyl (C=O) groups excluding carboxylic acids is 1. The fourth-order valence-electron chi connectivity index (χ4n) is 3.98. The van der Waals surface area contributed by atoms with Gasteiger partial charge in [-0.2, -0.15) is 0 Å². The maximum atomic E-state index is 12.2. The monoisotopic (exact) mass is 405 g/mol. The highest BCUT2D eigenvalue weighted by atomic mass is 16.5. The second-order valence-electron chi connectivity index (χ2n) is 9.09. The number of nitrogens with one attached hydrogen (secondary N) is 1. The highest BCUT2D eigenvalue weighted by Crippen LogP contribution is 2.24. The highest BCUT2D eigenvalue weighted by Gasteiger charge is 2.23. The molecule has 1 atom stereocenters. The first-order valence-electron chi connectivity index (χ1n) is 10.8. The van der Waals surface area contributed by atoms with Gasteiger partial charge in [0.05, 0.1) is 11.0 Å².